The lowest BCUT2D eigenvalue weighted by atomic mass is 9.99. The van der Waals surface area contributed by atoms with Gasteiger partial charge in [0.1, 0.15) is 5.82 Å². The first kappa shape index (κ1) is 12.7. The van der Waals surface area contributed by atoms with E-state index in [2.05, 4.69) is 10.1 Å². The number of hydrogen-bond donors (Lipinski definition) is 1. The van der Waals surface area contributed by atoms with E-state index in [1.165, 1.54) is 6.07 Å². The molecule has 0 spiro atoms. The first-order chi connectivity index (χ1) is 9.70. The molecule has 5 heteroatoms. The zero-order chi connectivity index (χ0) is 14.1. The van der Waals surface area contributed by atoms with Gasteiger partial charge in [0, 0.05) is 29.6 Å². The molecule has 2 aromatic heterocycles. The highest BCUT2D eigenvalue weighted by molar-refractivity contribution is 5.66. The lowest BCUT2D eigenvalue weighted by molar-refractivity contribution is 0.628. The Hall–Kier alpha value is -2.27. The number of benzene rings is 1. The molecule has 102 valence electrons. The standard InChI is InChI=1S/C15H15FN4/c1-2-13(17)11-9-14-18-7-8-20(14)19-15(11)10-5-3-4-6-12(10)16/h3-9,13H,2,17H2,1H3/t13-/m1/s1. The molecule has 0 fully saturated rings. The SMILES string of the molecule is CC[C@@H](N)c1cc2nccn2nc1-c1ccccc1F. The molecule has 1 aromatic carbocycles. The number of nitrogens with zero attached hydrogens (tertiary/aromatic N) is 3. The topological polar surface area (TPSA) is 56.2 Å². The summed E-state index contributed by atoms with van der Waals surface area (Å²) in [6.45, 7) is 1.99. The summed E-state index contributed by atoms with van der Waals surface area (Å²) in [5.41, 5.74) is 8.70. The van der Waals surface area contributed by atoms with Gasteiger partial charge in [-0.05, 0) is 24.6 Å². The summed E-state index contributed by atoms with van der Waals surface area (Å²) in [7, 11) is 0. The summed E-state index contributed by atoms with van der Waals surface area (Å²) in [4.78, 5) is 4.20. The minimum absolute atomic E-state index is 0.196. The molecule has 20 heavy (non-hydrogen) atoms. The zero-order valence-electron chi connectivity index (χ0n) is 11.1. The van der Waals surface area contributed by atoms with E-state index in [1.54, 1.807) is 35.1 Å². The minimum atomic E-state index is -0.302. The molecule has 3 aromatic rings. The maximum atomic E-state index is 14.0. The van der Waals surface area contributed by atoms with Crippen molar-refractivity contribution in [2.45, 2.75) is 19.4 Å². The molecule has 2 heterocycles. The predicted octanol–water partition coefficient (Wildman–Crippen LogP) is 2.95. The number of hydrogen-bond acceptors (Lipinski definition) is 3. The normalized spacial score (nSPS) is 12.8. The van der Waals surface area contributed by atoms with Crippen molar-refractivity contribution in [2.75, 3.05) is 0 Å². The maximum absolute atomic E-state index is 14.0. The Morgan fingerprint density at radius 1 is 1.35 bits per heavy atom. The van der Waals surface area contributed by atoms with E-state index >= 15 is 0 Å². The Balaban J connectivity index is 2.29. The number of rotatable bonds is 3. The Morgan fingerprint density at radius 3 is 2.90 bits per heavy atom. The molecular weight excluding hydrogens is 255 g/mol. The van der Waals surface area contributed by atoms with Crippen LogP contribution in [0.4, 0.5) is 4.39 Å². The van der Waals surface area contributed by atoms with Gasteiger partial charge in [0.05, 0.1) is 5.69 Å². The molecule has 0 saturated heterocycles. The van der Waals surface area contributed by atoms with Gasteiger partial charge in [0.15, 0.2) is 5.65 Å². The van der Waals surface area contributed by atoms with Gasteiger partial charge in [-0.15, -0.1) is 0 Å². The van der Waals surface area contributed by atoms with E-state index in [0.717, 1.165) is 12.0 Å². The van der Waals surface area contributed by atoms with Crippen LogP contribution in [0.15, 0.2) is 42.7 Å². The summed E-state index contributed by atoms with van der Waals surface area (Å²) >= 11 is 0. The van der Waals surface area contributed by atoms with Crippen molar-refractivity contribution in [3.63, 3.8) is 0 Å². The number of nitrogens with two attached hydrogens (primary N) is 1. The van der Waals surface area contributed by atoms with Crippen LogP contribution in [0.5, 0.6) is 0 Å². The van der Waals surface area contributed by atoms with Crippen molar-refractivity contribution in [3.8, 4) is 11.3 Å². The fraction of sp³-hybridized carbons (Fsp3) is 0.200. The monoisotopic (exact) mass is 270 g/mol. The van der Waals surface area contributed by atoms with E-state index in [0.29, 0.717) is 16.9 Å². The predicted molar refractivity (Wildman–Crippen MR) is 75.6 cm³/mol. The van der Waals surface area contributed by atoms with Crippen molar-refractivity contribution in [2.24, 2.45) is 5.73 Å². The molecule has 0 bridgehead atoms. The smallest absolute Gasteiger partial charge is 0.153 e. The largest absolute Gasteiger partial charge is 0.324 e. The molecule has 3 rings (SSSR count). The summed E-state index contributed by atoms with van der Waals surface area (Å²) < 4.78 is 15.7. The third kappa shape index (κ3) is 2.06. The molecule has 1 atom stereocenters. The average Bonchev–Trinajstić information content (AvgIpc) is 2.93. The van der Waals surface area contributed by atoms with Crippen LogP contribution in [0.25, 0.3) is 16.9 Å². The highest BCUT2D eigenvalue weighted by atomic mass is 19.1. The third-order valence-corrected chi connectivity index (χ3v) is 3.38. The maximum Gasteiger partial charge on any atom is 0.153 e. The van der Waals surface area contributed by atoms with Gasteiger partial charge in [0.25, 0.3) is 0 Å². The number of imidazole rings is 1. The molecule has 0 aliphatic carbocycles. The van der Waals surface area contributed by atoms with Crippen LogP contribution in [-0.4, -0.2) is 14.6 Å². The summed E-state index contributed by atoms with van der Waals surface area (Å²) in [5, 5.41) is 4.47. The van der Waals surface area contributed by atoms with Gasteiger partial charge in [-0.3, -0.25) is 0 Å². The molecule has 0 radical (unpaired) electrons. The lowest BCUT2D eigenvalue weighted by Crippen LogP contribution is -2.13. The minimum Gasteiger partial charge on any atom is -0.324 e. The van der Waals surface area contributed by atoms with Crippen molar-refractivity contribution in [1.82, 2.24) is 14.6 Å². The second-order valence-electron chi connectivity index (χ2n) is 4.67. The number of halogens is 1. The van der Waals surface area contributed by atoms with Crippen LogP contribution in [0.3, 0.4) is 0 Å². The molecule has 0 unspecified atom stereocenters. The van der Waals surface area contributed by atoms with Gasteiger partial charge in [0.2, 0.25) is 0 Å². The second-order valence-corrected chi connectivity index (χ2v) is 4.67. The summed E-state index contributed by atoms with van der Waals surface area (Å²) in [6.07, 6.45) is 4.15. The van der Waals surface area contributed by atoms with Crippen LogP contribution in [0.1, 0.15) is 24.9 Å². The fourth-order valence-electron chi connectivity index (χ4n) is 2.23. The highest BCUT2D eigenvalue weighted by Gasteiger charge is 2.17. The van der Waals surface area contributed by atoms with Crippen molar-refractivity contribution >= 4 is 5.65 Å². The zero-order valence-corrected chi connectivity index (χ0v) is 11.1. The highest BCUT2D eigenvalue weighted by Crippen LogP contribution is 2.29. The number of fused-ring (bicyclic) bond motifs is 1. The molecule has 0 aliphatic rings. The van der Waals surface area contributed by atoms with Gasteiger partial charge >= 0.3 is 0 Å². The molecule has 2 N–H and O–H groups in total. The van der Waals surface area contributed by atoms with Gasteiger partial charge in [-0.25, -0.2) is 13.9 Å². The Kier molecular flexibility index (Phi) is 3.20. The van der Waals surface area contributed by atoms with Crippen LogP contribution in [0, 0.1) is 5.82 Å². The molecule has 4 nitrogen and oxygen atoms in total. The Morgan fingerprint density at radius 2 is 2.15 bits per heavy atom. The molecule has 0 amide bonds. The quantitative estimate of drug-likeness (QED) is 0.796. The van der Waals surface area contributed by atoms with E-state index in [9.17, 15) is 4.39 Å². The lowest BCUT2D eigenvalue weighted by Gasteiger charge is -2.15. The second kappa shape index (κ2) is 5.02. The van der Waals surface area contributed by atoms with E-state index < -0.39 is 0 Å². The first-order valence-electron chi connectivity index (χ1n) is 6.55. The third-order valence-electron chi connectivity index (χ3n) is 3.38. The van der Waals surface area contributed by atoms with Crippen molar-refractivity contribution in [3.05, 3.63) is 54.1 Å². The van der Waals surface area contributed by atoms with Gasteiger partial charge in [-0.2, -0.15) is 5.10 Å². The van der Waals surface area contributed by atoms with Gasteiger partial charge < -0.3 is 5.73 Å². The first-order valence-corrected chi connectivity index (χ1v) is 6.55. The molecule has 0 aliphatic heterocycles. The molecule has 0 saturated carbocycles. The van der Waals surface area contributed by atoms with E-state index in [4.69, 9.17) is 5.73 Å². The van der Waals surface area contributed by atoms with Crippen LogP contribution in [0.2, 0.25) is 0 Å². The van der Waals surface area contributed by atoms with Crippen LogP contribution < -0.4 is 5.73 Å². The Labute approximate surface area is 116 Å². The van der Waals surface area contributed by atoms with E-state index in [1.807, 2.05) is 13.0 Å². The molecular formula is C15H15FN4. The average molecular weight is 270 g/mol. The van der Waals surface area contributed by atoms with Crippen LogP contribution >= 0.6 is 0 Å². The van der Waals surface area contributed by atoms with Gasteiger partial charge in [-0.1, -0.05) is 19.1 Å². The summed E-state index contributed by atoms with van der Waals surface area (Å²) in [5.74, 6) is -0.302. The fourth-order valence-corrected chi connectivity index (χ4v) is 2.23. The van der Waals surface area contributed by atoms with Crippen LogP contribution in [-0.2, 0) is 0 Å². The number of aromatic nitrogens is 3. The summed E-state index contributed by atoms with van der Waals surface area (Å²) in [6, 6.07) is 8.28. The van der Waals surface area contributed by atoms with Crippen molar-refractivity contribution in [1.29, 1.82) is 0 Å². The van der Waals surface area contributed by atoms with Crippen molar-refractivity contribution < 1.29 is 4.39 Å². The van der Waals surface area contributed by atoms with E-state index in [-0.39, 0.29) is 11.9 Å². The Bertz CT molecular complexity index is 750.